The quantitative estimate of drug-likeness (QED) is 0.549. The molecule has 0 aliphatic carbocycles. The number of hydrogen-bond donors (Lipinski definition) is 0. The molecule has 0 amide bonds. The average Bonchev–Trinajstić information content (AvgIpc) is 2.16. The molecule has 0 saturated carbocycles. The summed E-state index contributed by atoms with van der Waals surface area (Å²) >= 11 is -1.42. The standard InChI is InChI=1S/C8H10F4O4S/c1-3-15-5(13)7(9,10)17-8(11,12)6(14)16-4-2/h3-4H2,1-2H3. The number of esters is 2. The van der Waals surface area contributed by atoms with Crippen LogP contribution in [0.25, 0.3) is 0 Å². The molecule has 0 unspecified atom stereocenters. The summed E-state index contributed by atoms with van der Waals surface area (Å²) < 4.78 is 59.4. The third kappa shape index (κ3) is 4.80. The lowest BCUT2D eigenvalue weighted by Gasteiger charge is -2.19. The minimum absolute atomic E-state index is 0.389. The molecule has 100 valence electrons. The highest BCUT2D eigenvalue weighted by atomic mass is 32.2. The summed E-state index contributed by atoms with van der Waals surface area (Å²) in [6, 6.07) is 0. The Morgan fingerprint density at radius 1 is 0.941 bits per heavy atom. The van der Waals surface area contributed by atoms with E-state index < -0.39 is 34.2 Å². The van der Waals surface area contributed by atoms with Gasteiger partial charge in [0.25, 0.3) is 0 Å². The summed E-state index contributed by atoms with van der Waals surface area (Å²) in [4.78, 5) is 21.3. The van der Waals surface area contributed by atoms with Crippen LogP contribution in [0.2, 0.25) is 0 Å². The largest absolute Gasteiger partial charge is 0.461 e. The van der Waals surface area contributed by atoms with Crippen LogP contribution in [-0.2, 0) is 19.1 Å². The predicted octanol–water partition coefficient (Wildman–Crippen LogP) is 2.03. The molecule has 0 aromatic carbocycles. The lowest BCUT2D eigenvalue weighted by molar-refractivity contribution is -0.163. The number of rotatable bonds is 6. The Morgan fingerprint density at radius 3 is 1.47 bits per heavy atom. The van der Waals surface area contributed by atoms with Gasteiger partial charge in [-0.2, -0.15) is 17.6 Å². The molecule has 0 saturated heterocycles. The first-order valence-corrected chi connectivity index (χ1v) is 5.29. The fourth-order valence-electron chi connectivity index (χ4n) is 0.675. The minimum atomic E-state index is -4.52. The summed E-state index contributed by atoms with van der Waals surface area (Å²) in [7, 11) is 0. The van der Waals surface area contributed by atoms with Crippen molar-refractivity contribution in [1.29, 1.82) is 0 Å². The van der Waals surface area contributed by atoms with Gasteiger partial charge in [0.05, 0.1) is 13.2 Å². The third-order valence-electron chi connectivity index (χ3n) is 1.28. The van der Waals surface area contributed by atoms with E-state index in [4.69, 9.17) is 0 Å². The van der Waals surface area contributed by atoms with Gasteiger partial charge in [-0.15, -0.1) is 0 Å². The van der Waals surface area contributed by atoms with Crippen molar-refractivity contribution < 1.29 is 36.6 Å². The van der Waals surface area contributed by atoms with Crippen molar-refractivity contribution in [2.75, 3.05) is 13.2 Å². The van der Waals surface area contributed by atoms with Gasteiger partial charge in [0.2, 0.25) is 0 Å². The van der Waals surface area contributed by atoms with E-state index in [0.717, 1.165) is 0 Å². The van der Waals surface area contributed by atoms with Crippen LogP contribution >= 0.6 is 11.8 Å². The Morgan fingerprint density at radius 2 is 1.24 bits per heavy atom. The van der Waals surface area contributed by atoms with E-state index in [2.05, 4.69) is 9.47 Å². The summed E-state index contributed by atoms with van der Waals surface area (Å²) in [6.45, 7) is 1.70. The molecule has 0 radical (unpaired) electrons. The van der Waals surface area contributed by atoms with E-state index in [1.165, 1.54) is 13.8 Å². The molecule has 0 heterocycles. The first kappa shape index (κ1) is 16.0. The molecule has 0 N–H and O–H groups in total. The molecule has 0 rings (SSSR count). The molecule has 0 aliphatic rings. The van der Waals surface area contributed by atoms with Crippen molar-refractivity contribution in [1.82, 2.24) is 0 Å². The lowest BCUT2D eigenvalue weighted by Crippen LogP contribution is -2.36. The molecule has 0 atom stereocenters. The van der Waals surface area contributed by atoms with E-state index in [0.29, 0.717) is 0 Å². The third-order valence-corrected chi connectivity index (χ3v) is 2.13. The Hall–Kier alpha value is -0.990. The van der Waals surface area contributed by atoms with Crippen LogP contribution in [0, 0.1) is 0 Å². The van der Waals surface area contributed by atoms with Gasteiger partial charge in [-0.05, 0) is 13.8 Å². The van der Waals surface area contributed by atoms with E-state index in [1.807, 2.05) is 0 Å². The van der Waals surface area contributed by atoms with Crippen LogP contribution in [0.1, 0.15) is 13.8 Å². The second-order valence-electron chi connectivity index (χ2n) is 2.58. The Kier molecular flexibility index (Phi) is 5.73. The van der Waals surface area contributed by atoms with Crippen LogP contribution in [0.5, 0.6) is 0 Å². The number of carbonyl (C=O) groups is 2. The van der Waals surface area contributed by atoms with Crippen molar-refractivity contribution in [2.24, 2.45) is 0 Å². The summed E-state index contributed by atoms with van der Waals surface area (Å²) in [5, 5.41) is -9.04. The molecule has 9 heteroatoms. The van der Waals surface area contributed by atoms with Crippen molar-refractivity contribution >= 4 is 23.7 Å². The first-order valence-electron chi connectivity index (χ1n) is 4.47. The Balaban J connectivity index is 4.68. The van der Waals surface area contributed by atoms with Gasteiger partial charge >= 0.3 is 22.4 Å². The number of thioether (sulfide) groups is 1. The van der Waals surface area contributed by atoms with Crippen molar-refractivity contribution in [3.8, 4) is 0 Å². The molecule has 0 bridgehead atoms. The second-order valence-corrected chi connectivity index (χ2v) is 3.81. The van der Waals surface area contributed by atoms with Crippen molar-refractivity contribution in [3.63, 3.8) is 0 Å². The predicted molar refractivity (Wildman–Crippen MR) is 50.8 cm³/mol. The van der Waals surface area contributed by atoms with E-state index in [1.54, 1.807) is 0 Å². The molecule has 0 fully saturated rings. The van der Waals surface area contributed by atoms with Gasteiger partial charge in [-0.25, -0.2) is 9.59 Å². The summed E-state index contributed by atoms with van der Waals surface area (Å²) in [6.07, 6.45) is 0. The summed E-state index contributed by atoms with van der Waals surface area (Å²) in [5.41, 5.74) is 0. The monoisotopic (exact) mass is 278 g/mol. The summed E-state index contributed by atoms with van der Waals surface area (Å²) in [5.74, 6) is -4.26. The maximum atomic E-state index is 12.9. The number of ether oxygens (including phenoxy) is 2. The van der Waals surface area contributed by atoms with Crippen LogP contribution in [0.15, 0.2) is 0 Å². The normalized spacial score (nSPS) is 12.1. The van der Waals surface area contributed by atoms with Gasteiger partial charge in [0.15, 0.2) is 0 Å². The number of halogens is 4. The zero-order valence-corrected chi connectivity index (χ0v) is 9.78. The number of hydrogen-bond acceptors (Lipinski definition) is 5. The van der Waals surface area contributed by atoms with E-state index >= 15 is 0 Å². The fourth-order valence-corrected chi connectivity index (χ4v) is 1.28. The smallest absolute Gasteiger partial charge is 0.394 e. The Labute approximate surface area is 98.6 Å². The molecule has 0 aromatic rings. The van der Waals surface area contributed by atoms with E-state index in [-0.39, 0.29) is 13.2 Å². The topological polar surface area (TPSA) is 52.6 Å². The van der Waals surface area contributed by atoms with E-state index in [9.17, 15) is 27.2 Å². The van der Waals surface area contributed by atoms with Crippen LogP contribution in [-0.4, -0.2) is 35.7 Å². The minimum Gasteiger partial charge on any atom is -0.461 e. The van der Waals surface area contributed by atoms with Gasteiger partial charge in [0, 0.05) is 11.8 Å². The number of carbonyl (C=O) groups excluding carboxylic acids is 2. The molecular weight excluding hydrogens is 268 g/mol. The van der Waals surface area contributed by atoms with Crippen LogP contribution < -0.4 is 0 Å². The van der Waals surface area contributed by atoms with Crippen LogP contribution in [0.4, 0.5) is 17.6 Å². The lowest BCUT2D eigenvalue weighted by atomic mass is 10.7. The maximum absolute atomic E-state index is 12.9. The van der Waals surface area contributed by atoms with Gasteiger partial charge < -0.3 is 9.47 Å². The van der Waals surface area contributed by atoms with Gasteiger partial charge in [-0.3, -0.25) is 0 Å². The molecule has 0 spiro atoms. The highest BCUT2D eigenvalue weighted by Gasteiger charge is 2.55. The first-order chi connectivity index (χ1) is 7.67. The van der Waals surface area contributed by atoms with Gasteiger partial charge in [-0.1, -0.05) is 0 Å². The zero-order valence-electron chi connectivity index (χ0n) is 8.97. The highest BCUT2D eigenvalue weighted by molar-refractivity contribution is 8.02. The molecule has 0 aromatic heterocycles. The Bertz CT molecular complexity index is 267. The SMILES string of the molecule is CCOC(=O)C(F)(F)SC(F)(F)C(=O)OCC. The fraction of sp³-hybridized carbons (Fsp3) is 0.750. The highest BCUT2D eigenvalue weighted by Crippen LogP contribution is 2.43. The zero-order chi connectivity index (χ0) is 13.7. The van der Waals surface area contributed by atoms with Crippen molar-refractivity contribution in [3.05, 3.63) is 0 Å². The van der Waals surface area contributed by atoms with Crippen molar-refractivity contribution in [2.45, 2.75) is 24.4 Å². The number of alkyl halides is 4. The molecule has 4 nitrogen and oxygen atoms in total. The average molecular weight is 278 g/mol. The molecule has 0 aliphatic heterocycles. The molecular formula is C8H10F4O4S. The second kappa shape index (κ2) is 6.08. The maximum Gasteiger partial charge on any atom is 0.394 e. The van der Waals surface area contributed by atoms with Crippen LogP contribution in [0.3, 0.4) is 0 Å². The van der Waals surface area contributed by atoms with Gasteiger partial charge in [0.1, 0.15) is 0 Å². The molecule has 17 heavy (non-hydrogen) atoms.